The van der Waals surface area contributed by atoms with E-state index < -0.39 is 0 Å². The van der Waals surface area contributed by atoms with Crippen molar-refractivity contribution >= 4 is 46.9 Å². The van der Waals surface area contributed by atoms with Gasteiger partial charge in [0, 0.05) is 17.0 Å². The Labute approximate surface area is 153 Å². The van der Waals surface area contributed by atoms with E-state index in [-0.39, 0.29) is 10.7 Å². The Kier molecular flexibility index (Phi) is 6.77. The van der Waals surface area contributed by atoms with E-state index in [9.17, 15) is 4.79 Å². The molecule has 0 fully saturated rings. The predicted molar refractivity (Wildman–Crippen MR) is 103 cm³/mol. The van der Waals surface area contributed by atoms with E-state index >= 15 is 0 Å². The van der Waals surface area contributed by atoms with Gasteiger partial charge >= 0.3 is 0 Å². The van der Waals surface area contributed by atoms with Crippen LogP contribution in [0.2, 0.25) is 5.02 Å². The quantitative estimate of drug-likeness (QED) is 0.233. The van der Waals surface area contributed by atoms with E-state index in [1.165, 1.54) is 18.0 Å². The first-order valence-electron chi connectivity index (χ1n) is 7.08. The van der Waals surface area contributed by atoms with E-state index in [1.807, 2.05) is 19.1 Å². The van der Waals surface area contributed by atoms with Crippen LogP contribution in [0.4, 0.5) is 0 Å². The van der Waals surface area contributed by atoms with Crippen molar-refractivity contribution in [1.82, 2.24) is 15.4 Å². The molecule has 4 N–H and O–H groups in total. The number of thioether (sulfide) groups is 1. The third kappa shape index (κ3) is 5.33. The minimum atomic E-state index is -0.201. The molecule has 1 aromatic heterocycles. The Morgan fingerprint density at radius 3 is 2.83 bits per heavy atom. The number of benzene rings is 1. The number of thiocarbonyl (C=S) groups is 1. The van der Waals surface area contributed by atoms with Gasteiger partial charge in [-0.3, -0.25) is 10.2 Å². The molecule has 0 aliphatic carbocycles. The van der Waals surface area contributed by atoms with Gasteiger partial charge in [0.2, 0.25) is 0 Å². The number of hydrazone groups is 1. The number of nitrogens with zero attached hydrogens (tertiary/aromatic N) is 2. The van der Waals surface area contributed by atoms with Crippen molar-refractivity contribution in [1.29, 1.82) is 0 Å². The summed E-state index contributed by atoms with van der Waals surface area (Å²) >= 11 is 12.0. The van der Waals surface area contributed by atoms with Gasteiger partial charge in [0.15, 0.2) is 10.3 Å². The summed E-state index contributed by atoms with van der Waals surface area (Å²) in [5, 5.41) is 5.14. The molecule has 6 nitrogen and oxygen atoms in total. The molecule has 0 bridgehead atoms. The smallest absolute Gasteiger partial charge is 0.255 e. The molecule has 0 aliphatic rings. The zero-order valence-corrected chi connectivity index (χ0v) is 15.3. The zero-order valence-electron chi connectivity index (χ0n) is 12.9. The molecule has 2 aromatic rings. The van der Waals surface area contributed by atoms with Gasteiger partial charge in [0.25, 0.3) is 5.56 Å². The normalized spacial score (nSPS) is 10.9. The minimum Gasteiger partial charge on any atom is -0.375 e. The first kappa shape index (κ1) is 18.4. The van der Waals surface area contributed by atoms with Gasteiger partial charge in [-0.2, -0.15) is 5.10 Å². The Morgan fingerprint density at radius 2 is 2.21 bits per heavy atom. The van der Waals surface area contributed by atoms with E-state index in [0.29, 0.717) is 27.9 Å². The first-order valence-corrected chi connectivity index (χ1v) is 8.85. The van der Waals surface area contributed by atoms with Gasteiger partial charge in [0.1, 0.15) is 0 Å². The van der Waals surface area contributed by atoms with Crippen LogP contribution in [0, 0.1) is 0 Å². The van der Waals surface area contributed by atoms with Gasteiger partial charge in [0.05, 0.1) is 11.9 Å². The monoisotopic (exact) mass is 381 g/mol. The second kappa shape index (κ2) is 8.81. The molecule has 0 aliphatic heterocycles. The highest BCUT2D eigenvalue weighted by molar-refractivity contribution is 7.99. The van der Waals surface area contributed by atoms with Crippen molar-refractivity contribution in [2.75, 3.05) is 5.75 Å². The maximum atomic E-state index is 12.4. The van der Waals surface area contributed by atoms with Crippen LogP contribution in [0.1, 0.15) is 23.7 Å². The van der Waals surface area contributed by atoms with Gasteiger partial charge in [-0.25, -0.2) is 4.98 Å². The third-order valence-corrected chi connectivity index (χ3v) is 4.06. The standard InChI is InChI=1S/C15H16ClN5OS2/c1-2-24-15-19-12(8-18-21-14(17)23)11(13(22)20-15)7-9-3-5-10(16)6-4-9/h3-6,8H,2,7H2,1H3,(H3,17,21,23)(H,19,20,22)/b18-8+. The number of halogens is 1. The SMILES string of the molecule is CCSc1nc(/C=N/NC(N)=S)c(Cc2ccc(Cl)cc2)c(=O)[nH]1. The Bertz CT molecular complexity index is 805. The summed E-state index contributed by atoms with van der Waals surface area (Å²) in [6.45, 7) is 1.98. The van der Waals surface area contributed by atoms with Crippen LogP contribution in [0.3, 0.4) is 0 Å². The first-order chi connectivity index (χ1) is 11.5. The van der Waals surface area contributed by atoms with Crippen LogP contribution >= 0.6 is 35.6 Å². The summed E-state index contributed by atoms with van der Waals surface area (Å²) in [6, 6.07) is 7.29. The number of aromatic amines is 1. The summed E-state index contributed by atoms with van der Waals surface area (Å²) in [7, 11) is 0. The molecular weight excluding hydrogens is 366 g/mol. The molecule has 9 heteroatoms. The van der Waals surface area contributed by atoms with Crippen LogP contribution in [-0.4, -0.2) is 27.0 Å². The van der Waals surface area contributed by atoms with Gasteiger partial charge < -0.3 is 10.7 Å². The summed E-state index contributed by atoms with van der Waals surface area (Å²) in [6.07, 6.45) is 1.85. The molecule has 1 heterocycles. The van der Waals surface area contributed by atoms with Crippen molar-refractivity contribution in [3.8, 4) is 0 Å². The molecule has 0 saturated heterocycles. The summed E-state index contributed by atoms with van der Waals surface area (Å²) < 4.78 is 0. The van der Waals surface area contributed by atoms with Crippen LogP contribution in [0.15, 0.2) is 39.3 Å². The van der Waals surface area contributed by atoms with Crippen molar-refractivity contribution in [2.24, 2.45) is 10.8 Å². The molecule has 0 unspecified atom stereocenters. The van der Waals surface area contributed by atoms with Crippen LogP contribution in [0.25, 0.3) is 0 Å². The predicted octanol–water partition coefficient (Wildman–Crippen LogP) is 2.29. The molecule has 24 heavy (non-hydrogen) atoms. The van der Waals surface area contributed by atoms with Gasteiger partial charge in [-0.15, -0.1) is 0 Å². The third-order valence-electron chi connectivity index (χ3n) is 2.96. The van der Waals surface area contributed by atoms with E-state index in [1.54, 1.807) is 12.1 Å². The van der Waals surface area contributed by atoms with E-state index in [0.717, 1.165) is 11.3 Å². The van der Waals surface area contributed by atoms with Crippen LogP contribution < -0.4 is 16.7 Å². The van der Waals surface area contributed by atoms with Crippen molar-refractivity contribution in [2.45, 2.75) is 18.5 Å². The number of rotatable bonds is 6. The van der Waals surface area contributed by atoms with Gasteiger partial charge in [-0.05, 0) is 35.7 Å². The second-order valence-corrected chi connectivity index (χ2v) is 6.83. The lowest BCUT2D eigenvalue weighted by molar-refractivity contribution is 0.891. The lowest BCUT2D eigenvalue weighted by Crippen LogP contribution is -2.25. The van der Waals surface area contributed by atoms with E-state index in [2.05, 4.69) is 20.5 Å². The molecule has 126 valence electrons. The lowest BCUT2D eigenvalue weighted by Gasteiger charge is -2.07. The molecule has 0 amide bonds. The molecule has 0 atom stereocenters. The average Bonchev–Trinajstić information content (AvgIpc) is 2.52. The fourth-order valence-electron chi connectivity index (χ4n) is 1.94. The Balaban J connectivity index is 2.39. The number of hydrogen-bond donors (Lipinski definition) is 3. The molecule has 0 saturated carbocycles. The van der Waals surface area contributed by atoms with Crippen LogP contribution in [-0.2, 0) is 6.42 Å². The zero-order chi connectivity index (χ0) is 17.5. The maximum Gasteiger partial charge on any atom is 0.255 e. The van der Waals surface area contributed by atoms with Crippen molar-refractivity contribution in [3.63, 3.8) is 0 Å². The molecule has 2 rings (SSSR count). The Morgan fingerprint density at radius 1 is 1.50 bits per heavy atom. The highest BCUT2D eigenvalue weighted by Gasteiger charge is 2.11. The lowest BCUT2D eigenvalue weighted by atomic mass is 10.1. The fourth-order valence-corrected chi connectivity index (χ4v) is 2.72. The number of nitrogens with two attached hydrogens (primary N) is 1. The summed E-state index contributed by atoms with van der Waals surface area (Å²) in [5.41, 5.74) is 9.52. The number of H-pyrrole nitrogens is 1. The molecule has 0 radical (unpaired) electrons. The van der Waals surface area contributed by atoms with Gasteiger partial charge in [-0.1, -0.05) is 42.4 Å². The topological polar surface area (TPSA) is 96.2 Å². The van der Waals surface area contributed by atoms with Crippen molar-refractivity contribution in [3.05, 3.63) is 56.5 Å². The van der Waals surface area contributed by atoms with Crippen molar-refractivity contribution < 1.29 is 0 Å². The molecular formula is C15H16ClN5OS2. The fraction of sp³-hybridized carbons (Fsp3) is 0.200. The van der Waals surface area contributed by atoms with E-state index in [4.69, 9.17) is 29.6 Å². The largest absolute Gasteiger partial charge is 0.375 e. The highest BCUT2D eigenvalue weighted by Crippen LogP contribution is 2.15. The Hall–Kier alpha value is -1.90. The average molecular weight is 382 g/mol. The summed E-state index contributed by atoms with van der Waals surface area (Å²) in [4.78, 5) is 19.7. The molecule has 1 aromatic carbocycles. The highest BCUT2D eigenvalue weighted by atomic mass is 35.5. The minimum absolute atomic E-state index is 0.0403. The number of aromatic nitrogens is 2. The second-order valence-electron chi connectivity index (χ2n) is 4.71. The summed E-state index contributed by atoms with van der Waals surface area (Å²) in [5.74, 6) is 0.793. The van der Waals surface area contributed by atoms with Crippen LogP contribution in [0.5, 0.6) is 0 Å². The number of hydrogen-bond acceptors (Lipinski definition) is 5. The number of nitrogens with one attached hydrogen (secondary N) is 2. The maximum absolute atomic E-state index is 12.4. The molecule has 0 spiro atoms.